The number of aryl methyl sites for hydroxylation is 4. The van der Waals surface area contributed by atoms with Crippen molar-refractivity contribution in [1.29, 1.82) is 0 Å². The Morgan fingerprint density at radius 2 is 1.45 bits per heavy atom. The molecule has 0 unspecified atom stereocenters. The summed E-state index contributed by atoms with van der Waals surface area (Å²) in [6.45, 7) is 11.7. The Bertz CT molecular complexity index is 1160. The molecule has 0 atom stereocenters. The average Bonchev–Trinajstić information content (AvgIpc) is 2.81. The monoisotopic (exact) mass is 440 g/mol. The molecule has 1 heterocycles. The van der Waals surface area contributed by atoms with Gasteiger partial charge in [-0.3, -0.25) is 10.1 Å². The van der Waals surface area contributed by atoms with Gasteiger partial charge < -0.3 is 9.80 Å². The molecule has 1 aliphatic heterocycles. The van der Waals surface area contributed by atoms with Crippen LogP contribution in [0.25, 0.3) is 0 Å². The summed E-state index contributed by atoms with van der Waals surface area (Å²) in [5, 5.41) is 3.08. The van der Waals surface area contributed by atoms with Gasteiger partial charge in [0.15, 0.2) is 0 Å². The third kappa shape index (κ3) is 5.61. The fourth-order valence-corrected chi connectivity index (χ4v) is 4.10. The molecule has 1 N–H and O–H groups in total. The van der Waals surface area contributed by atoms with E-state index in [-0.39, 0.29) is 5.91 Å². The van der Waals surface area contributed by atoms with E-state index in [9.17, 15) is 4.79 Å². The molecule has 3 aromatic carbocycles. The van der Waals surface area contributed by atoms with Crippen LogP contribution in [0.1, 0.15) is 32.6 Å². The molecule has 1 amide bonds. The Morgan fingerprint density at radius 3 is 2.15 bits per heavy atom. The van der Waals surface area contributed by atoms with Crippen LogP contribution in [0.15, 0.2) is 71.7 Å². The van der Waals surface area contributed by atoms with Crippen molar-refractivity contribution in [1.82, 2.24) is 10.2 Å². The smallest absolute Gasteiger partial charge is 0.257 e. The van der Waals surface area contributed by atoms with Gasteiger partial charge in [0.05, 0.1) is 5.69 Å². The molecule has 0 aliphatic carbocycles. The van der Waals surface area contributed by atoms with Crippen molar-refractivity contribution in [3.8, 4) is 0 Å². The number of nitrogens with zero attached hydrogens (tertiary/aromatic N) is 3. The normalized spacial score (nSPS) is 14.4. The maximum atomic E-state index is 13.0. The number of hydrogen-bond acceptors (Lipinski definition) is 3. The Labute approximate surface area is 196 Å². The van der Waals surface area contributed by atoms with Crippen LogP contribution in [0.4, 0.5) is 11.4 Å². The molecule has 4 rings (SSSR count). The van der Waals surface area contributed by atoms with Gasteiger partial charge in [-0.25, -0.2) is 4.99 Å². The van der Waals surface area contributed by atoms with E-state index >= 15 is 0 Å². The standard InChI is InChI=1S/C28H32N4O/c1-20-9-12-24(13-10-20)27(33)30-28(29-25-7-5-6-21(2)18-25)32-16-14-31(15-17-32)26-19-22(3)8-11-23(26)4/h5-13,18-19H,14-17H2,1-4H3,(H,29,30,33). The van der Waals surface area contributed by atoms with Gasteiger partial charge in [-0.2, -0.15) is 0 Å². The van der Waals surface area contributed by atoms with Crippen LogP contribution in [-0.4, -0.2) is 42.9 Å². The molecule has 1 saturated heterocycles. The fraction of sp³-hybridized carbons (Fsp3) is 0.286. The lowest BCUT2D eigenvalue weighted by Crippen LogP contribution is -2.53. The lowest BCUT2D eigenvalue weighted by Gasteiger charge is -2.38. The van der Waals surface area contributed by atoms with Crippen LogP contribution in [0.3, 0.4) is 0 Å². The van der Waals surface area contributed by atoms with Crippen LogP contribution in [0.2, 0.25) is 0 Å². The van der Waals surface area contributed by atoms with Gasteiger partial charge in [0.1, 0.15) is 0 Å². The number of rotatable bonds is 3. The second-order valence-electron chi connectivity index (χ2n) is 8.86. The topological polar surface area (TPSA) is 47.9 Å². The Balaban J connectivity index is 1.55. The summed E-state index contributed by atoms with van der Waals surface area (Å²) in [6, 6.07) is 22.3. The molecule has 0 saturated carbocycles. The molecule has 3 aromatic rings. The lowest BCUT2D eigenvalue weighted by atomic mass is 10.1. The highest BCUT2D eigenvalue weighted by Crippen LogP contribution is 2.23. The quantitative estimate of drug-likeness (QED) is 0.452. The summed E-state index contributed by atoms with van der Waals surface area (Å²) in [5.41, 5.74) is 7.58. The Morgan fingerprint density at radius 1 is 0.788 bits per heavy atom. The third-order valence-corrected chi connectivity index (χ3v) is 6.06. The number of hydrogen-bond donors (Lipinski definition) is 1. The Kier molecular flexibility index (Phi) is 6.78. The first-order valence-electron chi connectivity index (χ1n) is 11.5. The minimum Gasteiger partial charge on any atom is -0.368 e. The van der Waals surface area contributed by atoms with E-state index in [2.05, 4.69) is 47.2 Å². The molecule has 0 spiro atoms. The number of nitrogens with one attached hydrogen (secondary N) is 1. The molecule has 33 heavy (non-hydrogen) atoms. The first-order chi connectivity index (χ1) is 15.9. The van der Waals surface area contributed by atoms with E-state index in [0.717, 1.165) is 43.0 Å². The minimum absolute atomic E-state index is 0.140. The highest BCUT2D eigenvalue weighted by molar-refractivity contribution is 6.06. The molecule has 0 bridgehead atoms. The maximum Gasteiger partial charge on any atom is 0.257 e. The molecule has 0 radical (unpaired) electrons. The van der Waals surface area contributed by atoms with E-state index in [1.54, 1.807) is 0 Å². The maximum absolute atomic E-state index is 13.0. The number of anilines is 1. The van der Waals surface area contributed by atoms with Crippen molar-refractivity contribution in [2.45, 2.75) is 27.7 Å². The molecule has 1 fully saturated rings. The van der Waals surface area contributed by atoms with Crippen LogP contribution in [-0.2, 0) is 0 Å². The van der Waals surface area contributed by atoms with Crippen LogP contribution in [0.5, 0.6) is 0 Å². The van der Waals surface area contributed by atoms with Crippen molar-refractivity contribution in [3.05, 3.63) is 94.5 Å². The largest absolute Gasteiger partial charge is 0.368 e. The second-order valence-corrected chi connectivity index (χ2v) is 8.86. The Hall–Kier alpha value is -3.60. The SMILES string of the molecule is Cc1ccc(C(=O)NC(=Nc2cccc(C)c2)N2CCN(c3cc(C)ccc3C)CC2)cc1. The molecule has 5 heteroatoms. The number of amides is 1. The zero-order valence-corrected chi connectivity index (χ0v) is 19.9. The number of carbonyl (C=O) groups excluding carboxylic acids is 1. The highest BCUT2D eigenvalue weighted by atomic mass is 16.1. The van der Waals surface area contributed by atoms with Crippen LogP contribution < -0.4 is 10.2 Å². The molecular formula is C28H32N4O. The van der Waals surface area contributed by atoms with Crippen LogP contribution in [0, 0.1) is 27.7 Å². The molecule has 5 nitrogen and oxygen atoms in total. The summed E-state index contributed by atoms with van der Waals surface area (Å²) in [5.74, 6) is 0.463. The van der Waals surface area contributed by atoms with Gasteiger partial charge in [-0.1, -0.05) is 42.0 Å². The van der Waals surface area contributed by atoms with E-state index in [1.807, 2.05) is 62.4 Å². The zero-order valence-electron chi connectivity index (χ0n) is 19.9. The van der Waals surface area contributed by atoms with Gasteiger partial charge in [-0.15, -0.1) is 0 Å². The second kappa shape index (κ2) is 9.90. The first kappa shape index (κ1) is 22.6. The lowest BCUT2D eigenvalue weighted by molar-refractivity contribution is 0.0972. The van der Waals surface area contributed by atoms with E-state index in [4.69, 9.17) is 4.99 Å². The minimum atomic E-state index is -0.140. The number of guanidine groups is 1. The number of carbonyl (C=O) groups is 1. The molecule has 1 aliphatic rings. The highest BCUT2D eigenvalue weighted by Gasteiger charge is 2.23. The predicted octanol–water partition coefficient (Wildman–Crippen LogP) is 5.16. The average molecular weight is 441 g/mol. The third-order valence-electron chi connectivity index (χ3n) is 6.06. The van der Waals surface area contributed by atoms with E-state index in [1.165, 1.54) is 16.8 Å². The number of aliphatic imine (C=N–C) groups is 1. The number of benzene rings is 3. The molecule has 0 aromatic heterocycles. The van der Waals surface area contributed by atoms with Gasteiger partial charge in [0.2, 0.25) is 5.96 Å². The van der Waals surface area contributed by atoms with Crippen molar-refractivity contribution in [3.63, 3.8) is 0 Å². The van der Waals surface area contributed by atoms with Gasteiger partial charge in [0.25, 0.3) is 5.91 Å². The summed E-state index contributed by atoms with van der Waals surface area (Å²) in [6.07, 6.45) is 0. The predicted molar refractivity (Wildman–Crippen MR) is 137 cm³/mol. The summed E-state index contributed by atoms with van der Waals surface area (Å²) < 4.78 is 0. The zero-order chi connectivity index (χ0) is 23.4. The van der Waals surface area contributed by atoms with Crippen molar-refractivity contribution in [2.75, 3.05) is 31.1 Å². The van der Waals surface area contributed by atoms with Crippen LogP contribution >= 0.6 is 0 Å². The summed E-state index contributed by atoms with van der Waals surface area (Å²) >= 11 is 0. The van der Waals surface area contributed by atoms with E-state index < -0.39 is 0 Å². The van der Waals surface area contributed by atoms with Gasteiger partial charge >= 0.3 is 0 Å². The first-order valence-corrected chi connectivity index (χ1v) is 11.5. The molecule has 170 valence electrons. The molecular weight excluding hydrogens is 408 g/mol. The van der Waals surface area contributed by atoms with E-state index in [0.29, 0.717) is 11.5 Å². The van der Waals surface area contributed by atoms with Crippen molar-refractivity contribution >= 4 is 23.2 Å². The summed E-state index contributed by atoms with van der Waals surface area (Å²) in [7, 11) is 0. The van der Waals surface area contributed by atoms with Crippen molar-refractivity contribution in [2.24, 2.45) is 4.99 Å². The van der Waals surface area contributed by atoms with Gasteiger partial charge in [-0.05, 0) is 74.7 Å². The van der Waals surface area contributed by atoms with Gasteiger partial charge in [0, 0.05) is 37.4 Å². The summed E-state index contributed by atoms with van der Waals surface area (Å²) in [4.78, 5) is 22.5. The number of piperazine rings is 1. The van der Waals surface area contributed by atoms with Crippen molar-refractivity contribution < 1.29 is 4.79 Å². The fourth-order valence-electron chi connectivity index (χ4n) is 4.10.